The van der Waals surface area contributed by atoms with Crippen LogP contribution in [0.4, 0.5) is 0 Å². The molecule has 2 heterocycles. The van der Waals surface area contributed by atoms with Gasteiger partial charge in [0.25, 0.3) is 10.2 Å². The van der Waals surface area contributed by atoms with Crippen LogP contribution < -0.4 is 5.32 Å². The molecule has 0 bridgehead atoms. The monoisotopic (exact) mass is 401 g/mol. The largest absolute Gasteiger partial charge is 0.381 e. The van der Waals surface area contributed by atoms with E-state index in [1.165, 1.54) is 22.7 Å². The molecule has 1 amide bonds. The van der Waals surface area contributed by atoms with Gasteiger partial charge in [0.1, 0.15) is 0 Å². The van der Waals surface area contributed by atoms with Crippen LogP contribution in [0, 0.1) is 13.8 Å². The van der Waals surface area contributed by atoms with Crippen molar-refractivity contribution in [2.45, 2.75) is 45.7 Å². The molecule has 0 aromatic carbocycles. The van der Waals surface area contributed by atoms with E-state index >= 15 is 0 Å². The first-order valence-corrected chi connectivity index (χ1v) is 10.7. The highest BCUT2D eigenvalue weighted by Gasteiger charge is 2.32. The molecule has 1 aromatic rings. The van der Waals surface area contributed by atoms with E-state index in [-0.39, 0.29) is 25.0 Å². The Morgan fingerprint density at radius 2 is 2.00 bits per heavy atom. The molecule has 1 aliphatic rings. The third-order valence-corrected chi connectivity index (χ3v) is 6.66. The van der Waals surface area contributed by atoms with E-state index in [1.54, 1.807) is 4.68 Å². The molecule has 0 saturated carbocycles. The molecule has 9 nitrogen and oxygen atoms in total. The molecule has 0 unspecified atom stereocenters. The SMILES string of the molecule is Cc1cc(C)n(CCC(=O)NCCN(C2CCOCC2)S(=O)(=O)N(C)C)n1. The number of aryl methyl sites for hydroxylation is 3. The highest BCUT2D eigenvalue weighted by atomic mass is 32.2. The van der Waals surface area contributed by atoms with Gasteiger partial charge in [0.2, 0.25) is 5.91 Å². The molecule has 0 radical (unpaired) electrons. The van der Waals surface area contributed by atoms with Gasteiger partial charge in [-0.1, -0.05) is 0 Å². The van der Waals surface area contributed by atoms with Crippen molar-refractivity contribution in [2.75, 3.05) is 40.4 Å². The lowest BCUT2D eigenvalue weighted by atomic mass is 10.1. The Bertz CT molecular complexity index is 726. The van der Waals surface area contributed by atoms with E-state index in [0.717, 1.165) is 11.4 Å². The van der Waals surface area contributed by atoms with Gasteiger partial charge in [0.05, 0.1) is 5.69 Å². The second kappa shape index (κ2) is 9.63. The number of rotatable bonds is 9. The molecule has 10 heteroatoms. The topological polar surface area (TPSA) is 96.8 Å². The summed E-state index contributed by atoms with van der Waals surface area (Å²) < 4.78 is 35.1. The minimum atomic E-state index is -3.55. The van der Waals surface area contributed by atoms with E-state index in [0.29, 0.717) is 39.0 Å². The lowest BCUT2D eigenvalue weighted by Gasteiger charge is -2.34. The second-order valence-electron chi connectivity index (χ2n) is 6.99. The molecular formula is C17H31N5O4S. The standard InChI is InChI=1S/C17H31N5O4S/c1-14-13-15(2)21(19-14)9-5-17(23)18-8-10-22(27(24,25)20(3)4)16-6-11-26-12-7-16/h13,16H,5-12H2,1-4H3,(H,18,23). The van der Waals surface area contributed by atoms with Gasteiger partial charge in [-0.25, -0.2) is 0 Å². The fraction of sp³-hybridized carbons (Fsp3) is 0.765. The summed E-state index contributed by atoms with van der Waals surface area (Å²) in [6.07, 6.45) is 1.64. The minimum Gasteiger partial charge on any atom is -0.381 e. The molecule has 1 saturated heterocycles. The van der Waals surface area contributed by atoms with Crippen LogP contribution in [0.15, 0.2) is 6.07 Å². The summed E-state index contributed by atoms with van der Waals surface area (Å²) in [5.41, 5.74) is 1.94. The maximum atomic E-state index is 12.6. The van der Waals surface area contributed by atoms with Crippen LogP contribution in [0.3, 0.4) is 0 Å². The summed E-state index contributed by atoms with van der Waals surface area (Å²) >= 11 is 0. The van der Waals surface area contributed by atoms with Crippen molar-refractivity contribution in [3.8, 4) is 0 Å². The predicted octanol–water partition coefficient (Wildman–Crippen LogP) is 0.294. The Morgan fingerprint density at radius 1 is 1.33 bits per heavy atom. The molecule has 154 valence electrons. The Labute approximate surface area is 161 Å². The van der Waals surface area contributed by atoms with Gasteiger partial charge in [0, 0.05) is 65.1 Å². The van der Waals surface area contributed by atoms with Gasteiger partial charge >= 0.3 is 0 Å². The summed E-state index contributed by atoms with van der Waals surface area (Å²) in [5.74, 6) is -0.114. The maximum absolute atomic E-state index is 12.6. The molecular weight excluding hydrogens is 370 g/mol. The molecule has 0 spiro atoms. The first kappa shape index (κ1) is 21.8. The van der Waals surface area contributed by atoms with E-state index in [2.05, 4.69) is 10.4 Å². The molecule has 1 aromatic heterocycles. The number of carbonyl (C=O) groups excluding carboxylic acids is 1. The lowest BCUT2D eigenvalue weighted by molar-refractivity contribution is -0.121. The summed E-state index contributed by atoms with van der Waals surface area (Å²) in [5, 5.41) is 7.16. The highest BCUT2D eigenvalue weighted by Crippen LogP contribution is 2.19. The number of ether oxygens (including phenoxy) is 1. The van der Waals surface area contributed by atoms with Crippen LogP contribution in [-0.2, 0) is 26.3 Å². The number of aromatic nitrogens is 2. The number of hydrogen-bond donors (Lipinski definition) is 1. The first-order chi connectivity index (χ1) is 12.7. The normalized spacial score (nSPS) is 16.2. The fourth-order valence-electron chi connectivity index (χ4n) is 3.17. The fourth-order valence-corrected chi connectivity index (χ4v) is 4.50. The van der Waals surface area contributed by atoms with Gasteiger partial charge in [-0.15, -0.1) is 0 Å². The van der Waals surface area contributed by atoms with Gasteiger partial charge in [-0.2, -0.15) is 22.1 Å². The van der Waals surface area contributed by atoms with Gasteiger partial charge in [0.15, 0.2) is 0 Å². The first-order valence-electron chi connectivity index (χ1n) is 9.26. The van der Waals surface area contributed by atoms with Crippen molar-refractivity contribution in [1.29, 1.82) is 0 Å². The molecule has 1 N–H and O–H groups in total. The third kappa shape index (κ3) is 6.00. The van der Waals surface area contributed by atoms with E-state index in [1.807, 2.05) is 19.9 Å². The average Bonchev–Trinajstić information content (AvgIpc) is 2.94. The van der Waals surface area contributed by atoms with Crippen molar-refractivity contribution in [1.82, 2.24) is 23.7 Å². The van der Waals surface area contributed by atoms with Crippen LogP contribution in [0.25, 0.3) is 0 Å². The molecule has 0 atom stereocenters. The zero-order chi connectivity index (χ0) is 20.0. The molecule has 0 aliphatic carbocycles. The predicted molar refractivity (Wildman–Crippen MR) is 102 cm³/mol. The van der Waals surface area contributed by atoms with Crippen LogP contribution in [0.2, 0.25) is 0 Å². The third-order valence-electron chi connectivity index (χ3n) is 4.66. The van der Waals surface area contributed by atoms with E-state index in [9.17, 15) is 13.2 Å². The summed E-state index contributed by atoms with van der Waals surface area (Å²) in [6, 6.07) is 1.87. The zero-order valence-corrected chi connectivity index (χ0v) is 17.5. The van der Waals surface area contributed by atoms with Crippen molar-refractivity contribution in [3.63, 3.8) is 0 Å². The molecule has 1 fully saturated rings. The smallest absolute Gasteiger partial charge is 0.281 e. The zero-order valence-electron chi connectivity index (χ0n) is 16.6. The number of amides is 1. The van der Waals surface area contributed by atoms with Crippen LogP contribution in [-0.4, -0.2) is 79.2 Å². The van der Waals surface area contributed by atoms with Crippen molar-refractivity contribution in [2.24, 2.45) is 0 Å². The lowest BCUT2D eigenvalue weighted by Crippen LogP contribution is -2.50. The van der Waals surface area contributed by atoms with Crippen LogP contribution in [0.1, 0.15) is 30.7 Å². The number of nitrogens with zero attached hydrogens (tertiary/aromatic N) is 4. The van der Waals surface area contributed by atoms with Gasteiger partial charge in [-0.05, 0) is 32.8 Å². The van der Waals surface area contributed by atoms with Crippen LogP contribution >= 0.6 is 0 Å². The summed E-state index contributed by atoms with van der Waals surface area (Å²) in [7, 11) is -0.504. The maximum Gasteiger partial charge on any atom is 0.281 e. The molecule has 27 heavy (non-hydrogen) atoms. The number of nitrogens with one attached hydrogen (secondary N) is 1. The van der Waals surface area contributed by atoms with E-state index in [4.69, 9.17) is 4.74 Å². The number of hydrogen-bond acceptors (Lipinski definition) is 5. The minimum absolute atomic E-state index is 0.0993. The summed E-state index contributed by atoms with van der Waals surface area (Å²) in [6.45, 7) is 6.01. The van der Waals surface area contributed by atoms with Gasteiger partial charge in [-0.3, -0.25) is 9.48 Å². The van der Waals surface area contributed by atoms with Crippen molar-refractivity contribution < 1.29 is 17.9 Å². The second-order valence-corrected chi connectivity index (χ2v) is 9.09. The average molecular weight is 402 g/mol. The quantitative estimate of drug-likeness (QED) is 0.642. The highest BCUT2D eigenvalue weighted by molar-refractivity contribution is 7.86. The molecule has 1 aliphatic heterocycles. The van der Waals surface area contributed by atoms with Crippen molar-refractivity contribution in [3.05, 3.63) is 17.5 Å². The van der Waals surface area contributed by atoms with Crippen LogP contribution in [0.5, 0.6) is 0 Å². The Kier molecular flexibility index (Phi) is 7.78. The van der Waals surface area contributed by atoms with Crippen molar-refractivity contribution >= 4 is 16.1 Å². The Morgan fingerprint density at radius 3 is 2.56 bits per heavy atom. The van der Waals surface area contributed by atoms with E-state index < -0.39 is 10.2 Å². The summed E-state index contributed by atoms with van der Waals surface area (Å²) in [4.78, 5) is 12.1. The number of carbonyl (C=O) groups is 1. The Balaban J connectivity index is 1.86. The van der Waals surface area contributed by atoms with Gasteiger partial charge < -0.3 is 10.1 Å². The molecule has 2 rings (SSSR count). The Hall–Kier alpha value is -1.49.